The first-order valence-electron chi connectivity index (χ1n) is 8.48. The summed E-state index contributed by atoms with van der Waals surface area (Å²) in [6.07, 6.45) is 1.53. The first kappa shape index (κ1) is 20.0. The van der Waals surface area contributed by atoms with Gasteiger partial charge in [0.15, 0.2) is 0 Å². The van der Waals surface area contributed by atoms with Gasteiger partial charge in [-0.3, -0.25) is 4.79 Å². The summed E-state index contributed by atoms with van der Waals surface area (Å²) in [6, 6.07) is 12.8. The van der Waals surface area contributed by atoms with Gasteiger partial charge in [-0.05, 0) is 37.3 Å². The molecule has 0 aliphatic carbocycles. The van der Waals surface area contributed by atoms with Gasteiger partial charge in [-0.15, -0.1) is 0 Å². The molecule has 2 aromatic carbocycles. The minimum absolute atomic E-state index is 0.174. The second-order valence-electron chi connectivity index (χ2n) is 6.04. The fourth-order valence-corrected chi connectivity index (χ4v) is 2.67. The molecule has 0 bridgehead atoms. The predicted molar refractivity (Wildman–Crippen MR) is 100.0 cm³/mol. The molecule has 0 atom stereocenters. The topological polar surface area (TPSA) is 100 Å². The van der Waals surface area contributed by atoms with Gasteiger partial charge in [0.05, 0.1) is 35.2 Å². The van der Waals surface area contributed by atoms with Crippen molar-refractivity contribution < 1.29 is 23.4 Å². The highest BCUT2D eigenvalue weighted by Crippen LogP contribution is 2.26. The number of aryl methyl sites for hydroxylation is 1. The summed E-state index contributed by atoms with van der Waals surface area (Å²) >= 11 is 0. The third-order valence-electron chi connectivity index (χ3n) is 4.12. The molecule has 0 saturated carbocycles. The van der Waals surface area contributed by atoms with Crippen LogP contribution in [0.15, 0.2) is 48.7 Å². The molecule has 0 spiro atoms. The third kappa shape index (κ3) is 4.56. The highest BCUT2D eigenvalue weighted by Gasteiger charge is 2.16. The number of hydrogen-bond donors (Lipinski definition) is 2. The molecule has 3 rings (SSSR count). The third-order valence-corrected chi connectivity index (χ3v) is 4.12. The van der Waals surface area contributed by atoms with E-state index in [0.717, 1.165) is 0 Å². The Morgan fingerprint density at radius 3 is 2.66 bits per heavy atom. The van der Waals surface area contributed by atoms with Gasteiger partial charge in [-0.25, -0.2) is 4.68 Å². The number of nitrogens with zero attached hydrogens (tertiary/aromatic N) is 3. The molecule has 7 nitrogen and oxygen atoms in total. The fraction of sp³-hybridized carbons (Fsp3) is 0.150. The molecule has 3 aromatic rings. The van der Waals surface area contributed by atoms with E-state index in [2.05, 4.69) is 15.2 Å². The minimum atomic E-state index is -3.06. The number of aliphatic hydroxyl groups is 1. The molecule has 2 N–H and O–H groups in total. The average molecular weight is 398 g/mol. The summed E-state index contributed by atoms with van der Waals surface area (Å²) in [5.41, 5.74) is 2.33. The molecule has 0 saturated heterocycles. The van der Waals surface area contributed by atoms with Crippen LogP contribution < -0.4 is 10.1 Å². The first-order valence-corrected chi connectivity index (χ1v) is 8.48. The number of ether oxygens (including phenoxy) is 1. The molecule has 0 aliphatic heterocycles. The van der Waals surface area contributed by atoms with Crippen LogP contribution in [0.3, 0.4) is 0 Å². The number of nitrogens with one attached hydrogen (secondary N) is 1. The molecular formula is C20H16F2N4O3. The number of rotatable bonds is 6. The van der Waals surface area contributed by atoms with E-state index < -0.39 is 19.1 Å². The van der Waals surface area contributed by atoms with Crippen LogP contribution in [-0.4, -0.2) is 27.4 Å². The number of aromatic nitrogens is 2. The fourth-order valence-electron chi connectivity index (χ4n) is 2.67. The van der Waals surface area contributed by atoms with Crippen molar-refractivity contribution in [3.63, 3.8) is 0 Å². The van der Waals surface area contributed by atoms with Gasteiger partial charge in [-0.1, -0.05) is 6.07 Å². The number of anilines is 1. The average Bonchev–Trinajstić information content (AvgIpc) is 3.09. The molecule has 0 radical (unpaired) electrons. The first-order chi connectivity index (χ1) is 13.9. The van der Waals surface area contributed by atoms with Crippen LogP contribution in [0.1, 0.15) is 27.2 Å². The number of benzene rings is 2. The van der Waals surface area contributed by atoms with Crippen molar-refractivity contribution in [2.24, 2.45) is 0 Å². The second-order valence-corrected chi connectivity index (χ2v) is 6.04. The van der Waals surface area contributed by atoms with Gasteiger partial charge < -0.3 is 15.2 Å². The van der Waals surface area contributed by atoms with E-state index in [1.54, 1.807) is 31.2 Å². The Balaban J connectivity index is 1.82. The number of carbonyl (C=O) groups excluding carboxylic acids is 1. The Hall–Kier alpha value is -3.77. The number of hydrogen-bond acceptors (Lipinski definition) is 5. The largest absolute Gasteiger partial charge is 0.434 e. The van der Waals surface area contributed by atoms with E-state index in [4.69, 9.17) is 5.26 Å². The maximum Gasteiger partial charge on any atom is 0.387 e. The molecule has 0 aliphatic rings. The zero-order valence-corrected chi connectivity index (χ0v) is 15.3. The van der Waals surface area contributed by atoms with Crippen LogP contribution in [0, 0.1) is 18.3 Å². The molecule has 1 heterocycles. The zero-order valence-electron chi connectivity index (χ0n) is 15.3. The number of halogens is 2. The van der Waals surface area contributed by atoms with E-state index >= 15 is 0 Å². The van der Waals surface area contributed by atoms with Gasteiger partial charge in [-0.2, -0.15) is 19.1 Å². The lowest BCUT2D eigenvalue weighted by atomic mass is 10.1. The standard InChI is InChI=1S/C20H16F2N4O3/c1-12-17(10-26(25-12)16-6-2-13(9-23)3-7-16)19(28)24-15-5-4-14(11-27)18(8-15)29-20(21)22/h2-8,10,20,27H,11H2,1H3,(H,24,28). The highest BCUT2D eigenvalue weighted by molar-refractivity contribution is 6.05. The van der Waals surface area contributed by atoms with Crippen LogP contribution in [0.5, 0.6) is 5.75 Å². The van der Waals surface area contributed by atoms with E-state index in [0.29, 0.717) is 16.9 Å². The predicted octanol–water partition coefficient (Wildman–Crippen LogP) is 3.40. The van der Waals surface area contributed by atoms with Crippen LogP contribution in [0.25, 0.3) is 5.69 Å². The van der Waals surface area contributed by atoms with Gasteiger partial charge in [0, 0.05) is 23.5 Å². The molecule has 148 valence electrons. The number of carbonyl (C=O) groups is 1. The van der Waals surface area contributed by atoms with E-state index in [1.165, 1.54) is 29.1 Å². The zero-order chi connectivity index (χ0) is 21.0. The van der Waals surface area contributed by atoms with Gasteiger partial charge in [0.1, 0.15) is 5.75 Å². The summed E-state index contributed by atoms with van der Waals surface area (Å²) in [5.74, 6) is -0.701. The van der Waals surface area contributed by atoms with Crippen molar-refractivity contribution >= 4 is 11.6 Å². The second kappa shape index (κ2) is 8.50. The van der Waals surface area contributed by atoms with Gasteiger partial charge in [0.25, 0.3) is 5.91 Å². The summed E-state index contributed by atoms with van der Waals surface area (Å²) < 4.78 is 31.0. The van der Waals surface area contributed by atoms with Crippen molar-refractivity contribution in [3.05, 3.63) is 71.0 Å². The van der Waals surface area contributed by atoms with Crippen molar-refractivity contribution in [2.75, 3.05) is 5.32 Å². The Bertz CT molecular complexity index is 1070. The highest BCUT2D eigenvalue weighted by atomic mass is 19.3. The lowest BCUT2D eigenvalue weighted by Crippen LogP contribution is -2.13. The minimum Gasteiger partial charge on any atom is -0.434 e. The van der Waals surface area contributed by atoms with E-state index in [9.17, 15) is 18.7 Å². The van der Waals surface area contributed by atoms with Crippen molar-refractivity contribution in [1.82, 2.24) is 9.78 Å². The van der Waals surface area contributed by atoms with Crippen LogP contribution >= 0.6 is 0 Å². The van der Waals surface area contributed by atoms with Gasteiger partial charge >= 0.3 is 6.61 Å². The molecule has 1 aromatic heterocycles. The molecule has 0 fully saturated rings. The van der Waals surface area contributed by atoms with Crippen molar-refractivity contribution in [1.29, 1.82) is 5.26 Å². The van der Waals surface area contributed by atoms with Crippen LogP contribution in [0.2, 0.25) is 0 Å². The summed E-state index contributed by atoms with van der Waals surface area (Å²) in [7, 11) is 0. The molecule has 29 heavy (non-hydrogen) atoms. The number of nitriles is 1. The van der Waals surface area contributed by atoms with Gasteiger partial charge in [0.2, 0.25) is 0 Å². The monoisotopic (exact) mass is 398 g/mol. The quantitative estimate of drug-likeness (QED) is 0.663. The van der Waals surface area contributed by atoms with Crippen molar-refractivity contribution in [3.8, 4) is 17.5 Å². The molecular weight excluding hydrogens is 382 g/mol. The normalized spacial score (nSPS) is 10.6. The molecule has 0 unspecified atom stereocenters. The summed E-state index contributed by atoms with van der Waals surface area (Å²) in [4.78, 5) is 12.6. The Kier molecular flexibility index (Phi) is 5.85. The summed E-state index contributed by atoms with van der Waals surface area (Å²) in [5, 5.41) is 25.0. The Labute approximate surface area is 164 Å². The van der Waals surface area contributed by atoms with Crippen LogP contribution in [0.4, 0.5) is 14.5 Å². The number of aliphatic hydroxyl groups excluding tert-OH is 1. The van der Waals surface area contributed by atoms with E-state index in [-0.39, 0.29) is 22.6 Å². The maximum absolute atomic E-state index is 12.6. The maximum atomic E-state index is 12.6. The molecule has 9 heteroatoms. The Morgan fingerprint density at radius 2 is 2.03 bits per heavy atom. The number of amides is 1. The smallest absolute Gasteiger partial charge is 0.387 e. The lowest BCUT2D eigenvalue weighted by molar-refractivity contribution is -0.0508. The molecule has 1 amide bonds. The van der Waals surface area contributed by atoms with Crippen LogP contribution in [-0.2, 0) is 6.61 Å². The Morgan fingerprint density at radius 1 is 1.31 bits per heavy atom. The number of alkyl halides is 2. The van der Waals surface area contributed by atoms with Crippen molar-refractivity contribution in [2.45, 2.75) is 20.1 Å². The summed E-state index contributed by atoms with van der Waals surface area (Å²) in [6.45, 7) is -1.87. The van der Waals surface area contributed by atoms with E-state index in [1.807, 2.05) is 6.07 Å². The SMILES string of the molecule is Cc1nn(-c2ccc(C#N)cc2)cc1C(=O)Nc1ccc(CO)c(OC(F)F)c1. The lowest BCUT2D eigenvalue weighted by Gasteiger charge is -2.11.